The summed E-state index contributed by atoms with van der Waals surface area (Å²) in [6.45, 7) is -0.449. The fourth-order valence-corrected chi connectivity index (χ4v) is 4.98. The van der Waals surface area contributed by atoms with Crippen LogP contribution in [-0.2, 0) is 13.1 Å². The van der Waals surface area contributed by atoms with Crippen LogP contribution in [0.5, 0.6) is 5.75 Å². The van der Waals surface area contributed by atoms with Gasteiger partial charge in [0.2, 0.25) is 0 Å². The van der Waals surface area contributed by atoms with Crippen LogP contribution in [0.3, 0.4) is 0 Å². The maximum absolute atomic E-state index is 15.5. The molecule has 0 spiro atoms. The van der Waals surface area contributed by atoms with Crippen LogP contribution >= 0.6 is 0 Å². The van der Waals surface area contributed by atoms with Crippen molar-refractivity contribution >= 4 is 17.2 Å². The van der Waals surface area contributed by atoms with Crippen molar-refractivity contribution in [2.75, 3.05) is 26.5 Å². The first-order chi connectivity index (χ1) is 21.0. The second-order valence-corrected chi connectivity index (χ2v) is 10.1. The van der Waals surface area contributed by atoms with Gasteiger partial charge in [-0.05, 0) is 56.1 Å². The lowest BCUT2D eigenvalue weighted by Crippen LogP contribution is -2.43. The van der Waals surface area contributed by atoms with Crippen LogP contribution in [0.15, 0.2) is 76.4 Å². The summed E-state index contributed by atoms with van der Waals surface area (Å²) < 4.78 is 53.1. The van der Waals surface area contributed by atoms with Gasteiger partial charge in [0.15, 0.2) is 11.6 Å². The standard InChI is InChI=1S/C30H27F3N6O5/c1-36(2)14-20-19(17-10-12-18(13-11-17)34-29(41)35-43)15-37-27(20)28(40)39(24-8-5-9-25(44-3)26(24)33)30(42)38(37)16-21-22(31)6-4-7-23(21)32/h4-13,15,43H,14,16H2,1-3H3,(H2,34,35,41). The zero-order chi connectivity index (χ0) is 31.7. The number of nitrogens with zero attached hydrogens (tertiary/aromatic N) is 4. The van der Waals surface area contributed by atoms with Crippen molar-refractivity contribution in [1.82, 2.24) is 24.1 Å². The summed E-state index contributed by atoms with van der Waals surface area (Å²) in [5, 5.41) is 11.2. The highest BCUT2D eigenvalue weighted by Crippen LogP contribution is 2.30. The molecule has 2 heterocycles. The van der Waals surface area contributed by atoms with Crippen LogP contribution in [0.2, 0.25) is 0 Å². The lowest BCUT2D eigenvalue weighted by atomic mass is 10.0. The highest BCUT2D eigenvalue weighted by Gasteiger charge is 2.25. The van der Waals surface area contributed by atoms with Gasteiger partial charge in [-0.25, -0.2) is 37.5 Å². The number of fused-ring (bicyclic) bond motifs is 1. The number of carbonyl (C=O) groups is 1. The van der Waals surface area contributed by atoms with Crippen molar-refractivity contribution in [3.05, 3.63) is 116 Å². The van der Waals surface area contributed by atoms with E-state index in [9.17, 15) is 23.2 Å². The Kier molecular flexibility index (Phi) is 8.29. The second kappa shape index (κ2) is 12.1. The Bertz CT molecular complexity index is 1980. The van der Waals surface area contributed by atoms with E-state index in [-0.39, 0.29) is 17.8 Å². The number of aromatic nitrogens is 3. The molecular weight excluding hydrogens is 581 g/mol. The number of benzene rings is 3. The zero-order valence-electron chi connectivity index (χ0n) is 23.8. The number of urea groups is 1. The summed E-state index contributed by atoms with van der Waals surface area (Å²) in [6, 6.07) is 12.8. The summed E-state index contributed by atoms with van der Waals surface area (Å²) >= 11 is 0. The Morgan fingerprint density at radius 2 is 1.61 bits per heavy atom. The predicted molar refractivity (Wildman–Crippen MR) is 156 cm³/mol. The van der Waals surface area contributed by atoms with E-state index in [4.69, 9.17) is 9.94 Å². The average Bonchev–Trinajstić information content (AvgIpc) is 3.36. The summed E-state index contributed by atoms with van der Waals surface area (Å²) in [5.74, 6) is -3.01. The molecule has 14 heteroatoms. The predicted octanol–water partition coefficient (Wildman–Crippen LogP) is 3.97. The molecule has 228 valence electrons. The van der Waals surface area contributed by atoms with Gasteiger partial charge in [-0.2, -0.15) is 0 Å². The monoisotopic (exact) mass is 608 g/mol. The molecule has 3 aromatic carbocycles. The topological polar surface area (TPSA) is 122 Å². The van der Waals surface area contributed by atoms with Crippen molar-refractivity contribution in [2.45, 2.75) is 13.1 Å². The van der Waals surface area contributed by atoms with Crippen molar-refractivity contribution in [2.24, 2.45) is 0 Å². The minimum Gasteiger partial charge on any atom is -0.494 e. The van der Waals surface area contributed by atoms with Crippen LogP contribution in [0.4, 0.5) is 23.7 Å². The van der Waals surface area contributed by atoms with Gasteiger partial charge in [-0.3, -0.25) is 14.5 Å². The molecule has 0 aliphatic heterocycles. The molecule has 2 aromatic heterocycles. The van der Waals surface area contributed by atoms with Crippen LogP contribution in [0, 0.1) is 17.5 Å². The number of ether oxygens (including phenoxy) is 1. The number of hydrogen-bond donors (Lipinski definition) is 3. The largest absolute Gasteiger partial charge is 0.494 e. The molecule has 0 unspecified atom stereocenters. The van der Waals surface area contributed by atoms with E-state index < -0.39 is 52.5 Å². The van der Waals surface area contributed by atoms with Gasteiger partial charge >= 0.3 is 11.7 Å². The number of rotatable bonds is 8. The molecule has 0 atom stereocenters. The number of anilines is 1. The zero-order valence-corrected chi connectivity index (χ0v) is 23.8. The fraction of sp³-hybridized carbons (Fsp3) is 0.167. The van der Waals surface area contributed by atoms with E-state index in [1.54, 1.807) is 43.3 Å². The minimum absolute atomic E-state index is 0.0332. The van der Waals surface area contributed by atoms with E-state index in [1.165, 1.54) is 47.6 Å². The molecule has 5 rings (SSSR count). The molecule has 0 saturated carbocycles. The van der Waals surface area contributed by atoms with Crippen molar-refractivity contribution in [3.63, 3.8) is 0 Å². The van der Waals surface area contributed by atoms with E-state index in [0.29, 0.717) is 26.9 Å². The van der Waals surface area contributed by atoms with E-state index >= 15 is 4.39 Å². The molecule has 0 aliphatic rings. The lowest BCUT2D eigenvalue weighted by molar-refractivity contribution is 0.172. The second-order valence-electron chi connectivity index (χ2n) is 10.1. The Morgan fingerprint density at radius 1 is 0.955 bits per heavy atom. The summed E-state index contributed by atoms with van der Waals surface area (Å²) in [6.07, 6.45) is 1.49. The minimum atomic E-state index is -1.05. The number of halogens is 3. The highest BCUT2D eigenvalue weighted by molar-refractivity contribution is 5.89. The third kappa shape index (κ3) is 5.43. The van der Waals surface area contributed by atoms with Crippen LogP contribution < -0.4 is 26.8 Å². The molecule has 2 amide bonds. The molecule has 11 nitrogen and oxygen atoms in total. The van der Waals surface area contributed by atoms with Crippen LogP contribution in [0.25, 0.3) is 22.3 Å². The number of methoxy groups -OCH3 is 1. The molecule has 0 saturated heterocycles. The van der Waals surface area contributed by atoms with Crippen LogP contribution in [0.1, 0.15) is 11.1 Å². The first kappa shape index (κ1) is 30.1. The van der Waals surface area contributed by atoms with E-state index in [0.717, 1.165) is 16.8 Å². The van der Waals surface area contributed by atoms with E-state index in [2.05, 4.69) is 5.32 Å². The third-order valence-electron chi connectivity index (χ3n) is 6.97. The Hall–Kier alpha value is -5.34. The maximum atomic E-state index is 15.5. The first-order valence-corrected chi connectivity index (χ1v) is 13.2. The van der Waals surface area contributed by atoms with Gasteiger partial charge in [0.1, 0.15) is 17.2 Å². The number of amides is 2. The van der Waals surface area contributed by atoms with Crippen molar-refractivity contribution in [3.8, 4) is 22.6 Å². The molecule has 3 N–H and O–H groups in total. The number of hydroxylamine groups is 1. The quantitative estimate of drug-likeness (QED) is 0.181. The van der Waals surface area contributed by atoms with Gasteiger partial charge < -0.3 is 15.0 Å². The van der Waals surface area contributed by atoms with Crippen molar-refractivity contribution < 1.29 is 27.9 Å². The van der Waals surface area contributed by atoms with Gasteiger partial charge in [-0.15, -0.1) is 0 Å². The Labute approximate surface area is 247 Å². The lowest BCUT2D eigenvalue weighted by Gasteiger charge is -2.17. The SMILES string of the molecule is COc1cccc(-n2c(=O)c3c(CN(C)C)c(-c4ccc(NC(=O)NO)cc4)cn3n(Cc3c(F)cccc3F)c2=O)c1F. The summed E-state index contributed by atoms with van der Waals surface area (Å²) in [5.41, 5.74) is 0.516. The third-order valence-corrected chi connectivity index (χ3v) is 6.97. The fourth-order valence-electron chi connectivity index (χ4n) is 4.98. The van der Waals surface area contributed by atoms with Crippen molar-refractivity contribution in [1.29, 1.82) is 0 Å². The van der Waals surface area contributed by atoms with E-state index in [1.807, 2.05) is 0 Å². The Balaban J connectivity index is 1.86. The number of nitrogens with one attached hydrogen (secondary N) is 2. The van der Waals surface area contributed by atoms with Gasteiger partial charge in [0.25, 0.3) is 5.56 Å². The molecule has 0 bridgehead atoms. The van der Waals surface area contributed by atoms with Gasteiger partial charge in [-0.1, -0.05) is 24.3 Å². The highest BCUT2D eigenvalue weighted by atomic mass is 19.1. The molecule has 5 aromatic rings. The average molecular weight is 609 g/mol. The maximum Gasteiger partial charge on any atom is 0.351 e. The molecule has 0 aliphatic carbocycles. The number of hydrogen-bond acceptors (Lipinski definition) is 6. The van der Waals surface area contributed by atoms with Gasteiger partial charge in [0.05, 0.1) is 19.3 Å². The summed E-state index contributed by atoms with van der Waals surface area (Å²) in [4.78, 5) is 41.5. The molecular formula is C30H27F3N6O5. The normalized spacial score (nSPS) is 11.3. The van der Waals surface area contributed by atoms with Gasteiger partial charge in [0, 0.05) is 35.1 Å². The number of carbonyl (C=O) groups excluding carboxylic acids is 1. The molecule has 44 heavy (non-hydrogen) atoms. The Morgan fingerprint density at radius 3 is 2.23 bits per heavy atom. The molecule has 0 fully saturated rings. The van der Waals surface area contributed by atoms with Crippen LogP contribution in [-0.4, -0.2) is 51.1 Å². The first-order valence-electron chi connectivity index (χ1n) is 13.2. The molecule has 0 radical (unpaired) electrons. The smallest absolute Gasteiger partial charge is 0.351 e. The summed E-state index contributed by atoms with van der Waals surface area (Å²) in [7, 11) is 4.76.